The molecule has 0 aromatic carbocycles. The van der Waals surface area contributed by atoms with Gasteiger partial charge in [0, 0.05) is 12.8 Å². The highest BCUT2D eigenvalue weighted by Crippen LogP contribution is 2.26. The summed E-state index contributed by atoms with van der Waals surface area (Å²) in [5, 5.41) is 8.91. The average molecular weight is 175 g/mol. The Morgan fingerprint density at radius 3 is 2.67 bits per heavy atom. The van der Waals surface area contributed by atoms with Crippen LogP contribution in [0, 0.1) is 5.92 Å². The maximum Gasteiger partial charge on any atom is 0.219 e. The van der Waals surface area contributed by atoms with Gasteiger partial charge in [-0.3, -0.25) is 4.79 Å². The molecule has 4 heteroatoms. The molecule has 70 valence electrons. The zero-order chi connectivity index (χ0) is 9.30. The van der Waals surface area contributed by atoms with Gasteiger partial charge in [-0.25, -0.2) is 4.39 Å². The molecule has 12 heavy (non-hydrogen) atoms. The summed E-state index contributed by atoms with van der Waals surface area (Å²) in [6, 6.07) is -0.336. The molecule has 0 saturated carbocycles. The van der Waals surface area contributed by atoms with Gasteiger partial charge in [-0.1, -0.05) is 6.92 Å². The van der Waals surface area contributed by atoms with E-state index in [2.05, 4.69) is 0 Å². The highest BCUT2D eigenvalue weighted by atomic mass is 19.1. The number of likely N-dealkylation sites (tertiary alicyclic amines) is 1. The first kappa shape index (κ1) is 9.45. The van der Waals surface area contributed by atoms with Gasteiger partial charge in [0.05, 0.1) is 19.2 Å². The van der Waals surface area contributed by atoms with Crippen molar-refractivity contribution >= 4 is 5.91 Å². The van der Waals surface area contributed by atoms with Gasteiger partial charge in [0.15, 0.2) is 0 Å². The Morgan fingerprint density at radius 2 is 2.33 bits per heavy atom. The minimum Gasteiger partial charge on any atom is -0.394 e. The third kappa shape index (κ3) is 1.43. The summed E-state index contributed by atoms with van der Waals surface area (Å²) in [6.45, 7) is 3.09. The molecule has 3 nitrogen and oxygen atoms in total. The van der Waals surface area contributed by atoms with Crippen LogP contribution >= 0.6 is 0 Å². The summed E-state index contributed by atoms with van der Waals surface area (Å²) in [6.07, 6.45) is -0.994. The van der Waals surface area contributed by atoms with Crippen molar-refractivity contribution in [1.82, 2.24) is 4.90 Å². The van der Waals surface area contributed by atoms with Crippen molar-refractivity contribution in [2.24, 2.45) is 5.92 Å². The number of hydrogen-bond acceptors (Lipinski definition) is 2. The number of aliphatic hydroxyl groups is 1. The van der Waals surface area contributed by atoms with Crippen LogP contribution in [0.2, 0.25) is 0 Å². The number of hydrogen-bond donors (Lipinski definition) is 1. The molecule has 1 saturated heterocycles. The second-order valence-corrected chi connectivity index (χ2v) is 3.30. The number of carbonyl (C=O) groups is 1. The number of halogens is 1. The number of nitrogens with zero attached hydrogens (tertiary/aromatic N) is 1. The minimum absolute atomic E-state index is 0.127. The fourth-order valence-corrected chi connectivity index (χ4v) is 1.64. The predicted molar refractivity (Wildman–Crippen MR) is 42.3 cm³/mol. The first-order chi connectivity index (χ1) is 5.57. The Labute approximate surface area is 71.2 Å². The second-order valence-electron chi connectivity index (χ2n) is 3.30. The lowest BCUT2D eigenvalue weighted by molar-refractivity contribution is -0.130. The lowest BCUT2D eigenvalue weighted by Crippen LogP contribution is -2.38. The Morgan fingerprint density at radius 1 is 1.75 bits per heavy atom. The monoisotopic (exact) mass is 175 g/mol. The molecule has 1 aliphatic rings. The maximum absolute atomic E-state index is 13.1. The van der Waals surface area contributed by atoms with E-state index in [9.17, 15) is 9.18 Å². The lowest BCUT2D eigenvalue weighted by Gasteiger charge is -2.22. The van der Waals surface area contributed by atoms with Crippen LogP contribution in [0.5, 0.6) is 0 Å². The van der Waals surface area contributed by atoms with Crippen LogP contribution < -0.4 is 0 Å². The molecule has 0 spiro atoms. The first-order valence-corrected chi connectivity index (χ1v) is 4.10. The van der Waals surface area contributed by atoms with Crippen LogP contribution in [0.15, 0.2) is 0 Å². The molecule has 0 unspecified atom stereocenters. The summed E-state index contributed by atoms with van der Waals surface area (Å²) in [4.78, 5) is 12.4. The van der Waals surface area contributed by atoms with Crippen molar-refractivity contribution in [2.45, 2.75) is 26.1 Å². The van der Waals surface area contributed by atoms with Crippen molar-refractivity contribution in [2.75, 3.05) is 13.2 Å². The molecular weight excluding hydrogens is 161 g/mol. The molecule has 1 fully saturated rings. The fourth-order valence-electron chi connectivity index (χ4n) is 1.64. The van der Waals surface area contributed by atoms with Gasteiger partial charge in [0.25, 0.3) is 0 Å². The molecule has 3 atom stereocenters. The Balaban J connectivity index is 2.71. The van der Waals surface area contributed by atoms with Crippen molar-refractivity contribution in [3.8, 4) is 0 Å². The highest BCUT2D eigenvalue weighted by Gasteiger charge is 2.39. The fraction of sp³-hybridized carbons (Fsp3) is 0.875. The zero-order valence-corrected chi connectivity index (χ0v) is 7.33. The molecule has 1 aliphatic heterocycles. The standard InChI is InChI=1S/C8H14FNO2/c1-5-7(9)3-10(6(2)12)8(5)4-11/h5,7-8,11H,3-4H2,1-2H3/t5-,7+,8+/m0/s1. The lowest BCUT2D eigenvalue weighted by atomic mass is 10.0. The number of aliphatic hydroxyl groups excluding tert-OH is 1. The molecular formula is C8H14FNO2. The van der Waals surface area contributed by atoms with Gasteiger partial charge >= 0.3 is 0 Å². The van der Waals surface area contributed by atoms with E-state index in [-0.39, 0.29) is 31.0 Å². The number of alkyl halides is 1. The molecule has 1 heterocycles. The summed E-state index contributed by atoms with van der Waals surface area (Å²) in [5.41, 5.74) is 0. The smallest absolute Gasteiger partial charge is 0.219 e. The van der Waals surface area contributed by atoms with Crippen LogP contribution in [0.4, 0.5) is 4.39 Å². The molecule has 0 aromatic rings. The van der Waals surface area contributed by atoms with E-state index >= 15 is 0 Å². The van der Waals surface area contributed by atoms with Gasteiger partial charge in [0.1, 0.15) is 6.17 Å². The first-order valence-electron chi connectivity index (χ1n) is 4.10. The molecule has 0 aromatic heterocycles. The van der Waals surface area contributed by atoms with E-state index in [0.717, 1.165) is 0 Å². The van der Waals surface area contributed by atoms with Gasteiger partial charge in [-0.2, -0.15) is 0 Å². The quantitative estimate of drug-likeness (QED) is 0.617. The summed E-state index contributed by atoms with van der Waals surface area (Å²) >= 11 is 0. The number of amides is 1. The molecule has 0 aliphatic carbocycles. The van der Waals surface area contributed by atoms with Crippen LogP contribution in [0.25, 0.3) is 0 Å². The topological polar surface area (TPSA) is 40.5 Å². The summed E-state index contributed by atoms with van der Waals surface area (Å²) in [5.74, 6) is -0.417. The number of carbonyl (C=O) groups excluding carboxylic acids is 1. The van der Waals surface area contributed by atoms with Crippen LogP contribution in [0.1, 0.15) is 13.8 Å². The normalized spacial score (nSPS) is 35.7. The van der Waals surface area contributed by atoms with Crippen LogP contribution in [0.3, 0.4) is 0 Å². The summed E-state index contributed by atoms with van der Waals surface area (Å²) < 4.78 is 13.1. The van der Waals surface area contributed by atoms with Crippen molar-refractivity contribution in [1.29, 1.82) is 0 Å². The van der Waals surface area contributed by atoms with Crippen molar-refractivity contribution in [3.63, 3.8) is 0 Å². The largest absolute Gasteiger partial charge is 0.394 e. The highest BCUT2D eigenvalue weighted by molar-refractivity contribution is 5.74. The van der Waals surface area contributed by atoms with Gasteiger partial charge in [0.2, 0.25) is 5.91 Å². The molecule has 1 N–H and O–H groups in total. The van der Waals surface area contributed by atoms with E-state index in [1.807, 2.05) is 0 Å². The van der Waals surface area contributed by atoms with E-state index in [1.165, 1.54) is 11.8 Å². The summed E-state index contributed by atoms with van der Waals surface area (Å²) in [7, 11) is 0. The molecule has 1 amide bonds. The Hall–Kier alpha value is -0.640. The SMILES string of the molecule is CC(=O)N1C[C@@H](F)[C@H](C)[C@H]1CO. The van der Waals surface area contributed by atoms with Crippen molar-refractivity contribution < 1.29 is 14.3 Å². The third-order valence-electron chi connectivity index (χ3n) is 2.54. The van der Waals surface area contributed by atoms with Crippen molar-refractivity contribution in [3.05, 3.63) is 0 Å². The predicted octanol–water partition coefficient (Wildman–Crippen LogP) is 0.184. The zero-order valence-electron chi connectivity index (χ0n) is 7.33. The third-order valence-corrected chi connectivity index (χ3v) is 2.54. The number of rotatable bonds is 1. The van der Waals surface area contributed by atoms with E-state index in [0.29, 0.717) is 0 Å². The molecule has 1 rings (SSSR count). The van der Waals surface area contributed by atoms with Crippen LogP contribution in [-0.4, -0.2) is 41.3 Å². The van der Waals surface area contributed by atoms with Crippen LogP contribution in [-0.2, 0) is 4.79 Å². The van der Waals surface area contributed by atoms with E-state index in [4.69, 9.17) is 5.11 Å². The Kier molecular flexibility index (Phi) is 2.67. The Bertz CT molecular complexity index is 186. The van der Waals surface area contributed by atoms with E-state index < -0.39 is 6.17 Å². The average Bonchev–Trinajstić information content (AvgIpc) is 2.29. The van der Waals surface area contributed by atoms with Gasteiger partial charge < -0.3 is 10.0 Å². The maximum atomic E-state index is 13.1. The second kappa shape index (κ2) is 3.39. The van der Waals surface area contributed by atoms with Gasteiger partial charge in [-0.15, -0.1) is 0 Å². The molecule has 0 bridgehead atoms. The molecule has 0 radical (unpaired) electrons. The van der Waals surface area contributed by atoms with Gasteiger partial charge in [-0.05, 0) is 0 Å². The van der Waals surface area contributed by atoms with E-state index in [1.54, 1.807) is 6.92 Å². The minimum atomic E-state index is -0.994.